The maximum atomic E-state index is 12.7. The van der Waals surface area contributed by atoms with Gasteiger partial charge in [0.2, 0.25) is 15.9 Å². The topological polar surface area (TPSA) is 57.7 Å². The summed E-state index contributed by atoms with van der Waals surface area (Å²) >= 11 is 6.53. The quantitative estimate of drug-likeness (QED) is 0.728. The van der Waals surface area contributed by atoms with E-state index < -0.39 is 10.0 Å². The molecule has 0 unspecified atom stereocenters. The largest absolute Gasteiger partial charge is 0.345 e. The number of nitrogens with zero attached hydrogens (tertiary/aromatic N) is 2. The highest BCUT2D eigenvalue weighted by molar-refractivity contribution is 9.11. The minimum absolute atomic E-state index is 0.113. The Hall–Kier alpha value is -0.440. The standard InChI is InChI=1S/C12H14Br2N2O3S/c1-15-5-2-6-16(8-12(15)17)20(18,19)11-7-9(13)3-4-10(11)14/h3-4,7H,2,5-6,8H2,1H3. The van der Waals surface area contributed by atoms with E-state index in [1.54, 1.807) is 30.1 Å². The zero-order chi connectivity index (χ0) is 14.9. The third-order valence-electron chi connectivity index (χ3n) is 3.15. The first-order valence-electron chi connectivity index (χ1n) is 6.01. The van der Waals surface area contributed by atoms with Crippen molar-refractivity contribution in [2.45, 2.75) is 11.3 Å². The number of hydrogen-bond donors (Lipinski definition) is 0. The first-order chi connectivity index (χ1) is 9.32. The predicted molar refractivity (Wildman–Crippen MR) is 82.9 cm³/mol. The molecule has 0 atom stereocenters. The molecular weight excluding hydrogens is 412 g/mol. The van der Waals surface area contributed by atoms with Crippen molar-refractivity contribution in [3.05, 3.63) is 27.1 Å². The first kappa shape index (κ1) is 15.9. The number of hydrogen-bond acceptors (Lipinski definition) is 3. The van der Waals surface area contributed by atoms with Gasteiger partial charge in [0.15, 0.2) is 0 Å². The van der Waals surface area contributed by atoms with Crippen LogP contribution in [-0.4, -0.2) is 50.2 Å². The van der Waals surface area contributed by atoms with E-state index in [1.807, 2.05) is 0 Å². The zero-order valence-corrected chi connectivity index (χ0v) is 14.8. The van der Waals surface area contributed by atoms with Crippen LogP contribution in [0.3, 0.4) is 0 Å². The van der Waals surface area contributed by atoms with Gasteiger partial charge in [-0.2, -0.15) is 4.31 Å². The molecule has 1 heterocycles. The lowest BCUT2D eigenvalue weighted by atomic mass is 10.4. The number of carbonyl (C=O) groups excluding carboxylic acids is 1. The minimum Gasteiger partial charge on any atom is -0.345 e. The molecule has 5 nitrogen and oxygen atoms in total. The molecule has 2 rings (SSSR count). The van der Waals surface area contributed by atoms with E-state index in [0.717, 1.165) is 0 Å². The Kier molecular flexibility index (Phi) is 4.88. The molecule has 1 amide bonds. The van der Waals surface area contributed by atoms with Crippen molar-refractivity contribution in [2.75, 3.05) is 26.7 Å². The molecule has 0 saturated carbocycles. The molecule has 1 fully saturated rings. The lowest BCUT2D eigenvalue weighted by Crippen LogP contribution is -2.38. The summed E-state index contributed by atoms with van der Waals surface area (Å²) in [5.41, 5.74) is 0. The van der Waals surface area contributed by atoms with E-state index in [1.165, 1.54) is 4.31 Å². The van der Waals surface area contributed by atoms with Gasteiger partial charge in [0.1, 0.15) is 0 Å². The second kappa shape index (κ2) is 6.13. The average molecular weight is 426 g/mol. The molecule has 110 valence electrons. The van der Waals surface area contributed by atoms with Crippen LogP contribution in [0.4, 0.5) is 0 Å². The van der Waals surface area contributed by atoms with Gasteiger partial charge in [-0.1, -0.05) is 15.9 Å². The number of sulfonamides is 1. The molecule has 1 saturated heterocycles. The van der Waals surface area contributed by atoms with E-state index in [4.69, 9.17) is 0 Å². The van der Waals surface area contributed by atoms with Gasteiger partial charge in [-0.3, -0.25) is 4.79 Å². The van der Waals surface area contributed by atoms with Crippen LogP contribution in [0.2, 0.25) is 0 Å². The van der Waals surface area contributed by atoms with Crippen molar-refractivity contribution >= 4 is 47.8 Å². The number of benzene rings is 1. The molecule has 1 aliphatic heterocycles. The SMILES string of the molecule is CN1CCCN(S(=O)(=O)c2cc(Br)ccc2Br)CC1=O. The van der Waals surface area contributed by atoms with Crippen LogP contribution < -0.4 is 0 Å². The fourth-order valence-corrected chi connectivity index (χ4v) is 4.87. The maximum absolute atomic E-state index is 12.7. The monoisotopic (exact) mass is 424 g/mol. The third-order valence-corrected chi connectivity index (χ3v) is 6.48. The van der Waals surface area contributed by atoms with Crippen molar-refractivity contribution in [2.24, 2.45) is 0 Å². The van der Waals surface area contributed by atoms with Crippen LogP contribution in [0.5, 0.6) is 0 Å². The second-order valence-corrected chi connectivity index (χ2v) is 8.26. The summed E-state index contributed by atoms with van der Waals surface area (Å²) < 4.78 is 27.8. The van der Waals surface area contributed by atoms with Crippen LogP contribution in [0.15, 0.2) is 32.0 Å². The average Bonchev–Trinajstić information content (AvgIpc) is 2.55. The fourth-order valence-electron chi connectivity index (χ4n) is 1.98. The smallest absolute Gasteiger partial charge is 0.244 e. The maximum Gasteiger partial charge on any atom is 0.244 e. The molecule has 1 aliphatic rings. The number of carbonyl (C=O) groups is 1. The molecule has 0 aromatic heterocycles. The van der Waals surface area contributed by atoms with E-state index in [2.05, 4.69) is 31.9 Å². The lowest BCUT2D eigenvalue weighted by molar-refractivity contribution is -0.129. The van der Waals surface area contributed by atoms with E-state index in [0.29, 0.717) is 28.5 Å². The van der Waals surface area contributed by atoms with Crippen molar-refractivity contribution in [1.29, 1.82) is 0 Å². The van der Waals surface area contributed by atoms with Gasteiger partial charge in [0.05, 0.1) is 11.4 Å². The molecule has 1 aromatic carbocycles. The van der Waals surface area contributed by atoms with Crippen LogP contribution in [0, 0.1) is 0 Å². The summed E-state index contributed by atoms with van der Waals surface area (Å²) in [6.45, 7) is 0.805. The molecular formula is C12H14Br2N2O3S. The van der Waals surface area contributed by atoms with Crippen molar-refractivity contribution < 1.29 is 13.2 Å². The van der Waals surface area contributed by atoms with Gasteiger partial charge in [-0.25, -0.2) is 8.42 Å². The first-order valence-corrected chi connectivity index (χ1v) is 9.04. The molecule has 0 bridgehead atoms. The molecule has 20 heavy (non-hydrogen) atoms. The Morgan fingerprint density at radius 1 is 1.20 bits per heavy atom. The van der Waals surface area contributed by atoms with Crippen LogP contribution in [0.25, 0.3) is 0 Å². The Balaban J connectivity index is 2.39. The highest BCUT2D eigenvalue weighted by Crippen LogP contribution is 2.28. The summed E-state index contributed by atoms with van der Waals surface area (Å²) in [7, 11) is -2.00. The summed E-state index contributed by atoms with van der Waals surface area (Å²) in [4.78, 5) is 13.6. The summed E-state index contributed by atoms with van der Waals surface area (Å²) in [6.07, 6.45) is 0.632. The Labute approximate surface area is 135 Å². The van der Waals surface area contributed by atoms with Gasteiger partial charge < -0.3 is 4.90 Å². The van der Waals surface area contributed by atoms with Crippen LogP contribution in [0.1, 0.15) is 6.42 Å². The number of likely N-dealkylation sites (N-methyl/N-ethyl adjacent to an activating group) is 1. The predicted octanol–water partition coefficient (Wildman–Crippen LogP) is 2.06. The van der Waals surface area contributed by atoms with Gasteiger partial charge in [-0.15, -0.1) is 0 Å². The van der Waals surface area contributed by atoms with Crippen molar-refractivity contribution in [1.82, 2.24) is 9.21 Å². The third kappa shape index (κ3) is 3.24. The number of rotatable bonds is 2. The van der Waals surface area contributed by atoms with Crippen LogP contribution in [-0.2, 0) is 14.8 Å². The Bertz CT molecular complexity index is 634. The highest BCUT2D eigenvalue weighted by atomic mass is 79.9. The van der Waals surface area contributed by atoms with E-state index >= 15 is 0 Å². The minimum atomic E-state index is -3.69. The van der Waals surface area contributed by atoms with Crippen molar-refractivity contribution in [3.63, 3.8) is 0 Å². The Morgan fingerprint density at radius 2 is 1.90 bits per heavy atom. The molecule has 1 aromatic rings. The summed E-state index contributed by atoms with van der Waals surface area (Å²) in [5.74, 6) is -0.183. The normalized spacial score (nSPS) is 18.1. The molecule has 0 spiro atoms. The number of amides is 1. The molecule has 8 heteroatoms. The molecule has 0 radical (unpaired) electrons. The van der Waals surface area contributed by atoms with Crippen molar-refractivity contribution in [3.8, 4) is 0 Å². The van der Waals surface area contributed by atoms with Gasteiger partial charge in [0, 0.05) is 29.1 Å². The summed E-state index contributed by atoms with van der Waals surface area (Å²) in [5, 5.41) is 0. The fraction of sp³-hybridized carbons (Fsp3) is 0.417. The van der Waals surface area contributed by atoms with Gasteiger partial charge >= 0.3 is 0 Å². The zero-order valence-electron chi connectivity index (χ0n) is 10.8. The van der Waals surface area contributed by atoms with E-state index in [9.17, 15) is 13.2 Å². The highest BCUT2D eigenvalue weighted by Gasteiger charge is 2.31. The lowest BCUT2D eigenvalue weighted by Gasteiger charge is -2.20. The molecule has 0 aliphatic carbocycles. The molecule has 0 N–H and O–H groups in total. The summed E-state index contributed by atoms with van der Waals surface area (Å²) in [6, 6.07) is 4.96. The van der Waals surface area contributed by atoms with Crippen LogP contribution >= 0.6 is 31.9 Å². The second-order valence-electron chi connectivity index (χ2n) is 4.58. The van der Waals surface area contributed by atoms with E-state index in [-0.39, 0.29) is 17.3 Å². The van der Waals surface area contributed by atoms with Gasteiger partial charge in [0.25, 0.3) is 0 Å². The Morgan fingerprint density at radius 3 is 2.60 bits per heavy atom. The van der Waals surface area contributed by atoms with Gasteiger partial charge in [-0.05, 0) is 40.5 Å². The number of halogens is 2.